The molecule has 1 heterocycles. The first-order valence-electron chi connectivity index (χ1n) is 7.94. The lowest BCUT2D eigenvalue weighted by molar-refractivity contribution is -0.384. The first-order valence-corrected chi connectivity index (χ1v) is 8.99. The first kappa shape index (κ1) is 17.7. The molecule has 1 amide bonds. The highest BCUT2D eigenvalue weighted by Crippen LogP contribution is 2.39. The predicted molar refractivity (Wildman–Crippen MR) is 92.4 cm³/mol. The van der Waals surface area contributed by atoms with E-state index >= 15 is 0 Å². The largest absolute Gasteiger partial charge is 0.326 e. The molecule has 1 aromatic carbocycles. The number of hydrogen-bond donors (Lipinski definition) is 0. The Labute approximate surface area is 141 Å². The number of nitrogens with zero attached hydrogens (tertiary/aromatic N) is 3. The van der Waals surface area contributed by atoms with Crippen LogP contribution in [0, 0.1) is 10.1 Å². The Hall–Kier alpha value is -1.60. The molecule has 0 bridgehead atoms. The summed E-state index contributed by atoms with van der Waals surface area (Å²) in [4.78, 5) is 26.9. The fraction of sp³-hybridized carbons (Fsp3) is 0.562. The van der Waals surface area contributed by atoms with Gasteiger partial charge in [0.2, 0.25) is 5.91 Å². The van der Waals surface area contributed by atoms with E-state index in [2.05, 4.69) is 18.7 Å². The lowest BCUT2D eigenvalue weighted by Gasteiger charge is -2.26. The summed E-state index contributed by atoms with van der Waals surface area (Å²) in [6.45, 7) is 7.93. The molecule has 1 saturated heterocycles. The Balaban J connectivity index is 2.04. The molecule has 0 unspecified atom stereocenters. The van der Waals surface area contributed by atoms with Gasteiger partial charge < -0.3 is 9.80 Å². The topological polar surface area (TPSA) is 66.7 Å². The van der Waals surface area contributed by atoms with Crippen molar-refractivity contribution in [1.29, 1.82) is 0 Å². The van der Waals surface area contributed by atoms with Gasteiger partial charge in [-0.15, -0.1) is 11.8 Å². The van der Waals surface area contributed by atoms with Gasteiger partial charge in [0.25, 0.3) is 5.69 Å². The molecule has 23 heavy (non-hydrogen) atoms. The second-order valence-electron chi connectivity index (χ2n) is 5.48. The third kappa shape index (κ3) is 4.45. The fourth-order valence-corrected chi connectivity index (χ4v) is 3.98. The van der Waals surface area contributed by atoms with Crippen molar-refractivity contribution in [1.82, 2.24) is 9.80 Å². The summed E-state index contributed by atoms with van der Waals surface area (Å²) in [6.07, 6.45) is 0.916. The van der Waals surface area contributed by atoms with Gasteiger partial charge in [-0.1, -0.05) is 26.0 Å². The maximum atomic E-state index is 12.1. The van der Waals surface area contributed by atoms with Gasteiger partial charge in [0.1, 0.15) is 5.37 Å². The van der Waals surface area contributed by atoms with Crippen LogP contribution >= 0.6 is 11.8 Å². The fourth-order valence-electron chi connectivity index (χ4n) is 2.77. The second kappa shape index (κ2) is 8.31. The highest BCUT2D eigenvalue weighted by molar-refractivity contribution is 8.00. The molecule has 0 aromatic heterocycles. The summed E-state index contributed by atoms with van der Waals surface area (Å²) in [6, 6.07) is 6.61. The lowest BCUT2D eigenvalue weighted by atomic mass is 10.2. The molecule has 7 heteroatoms. The van der Waals surface area contributed by atoms with Crippen LogP contribution in [0.2, 0.25) is 0 Å². The smallest absolute Gasteiger partial charge is 0.269 e. The maximum Gasteiger partial charge on any atom is 0.269 e. The summed E-state index contributed by atoms with van der Waals surface area (Å²) >= 11 is 1.54. The molecule has 1 fully saturated rings. The Bertz CT molecular complexity index is 563. The maximum absolute atomic E-state index is 12.1. The molecular weight excluding hydrogens is 314 g/mol. The van der Waals surface area contributed by atoms with E-state index in [1.807, 2.05) is 11.0 Å². The van der Waals surface area contributed by atoms with Crippen LogP contribution in [0.1, 0.15) is 31.2 Å². The molecule has 0 spiro atoms. The van der Waals surface area contributed by atoms with Crippen LogP contribution in [-0.4, -0.2) is 52.6 Å². The van der Waals surface area contributed by atoms with Gasteiger partial charge in [0, 0.05) is 18.7 Å². The van der Waals surface area contributed by atoms with Gasteiger partial charge in [-0.3, -0.25) is 14.9 Å². The zero-order valence-corrected chi connectivity index (χ0v) is 14.4. The molecule has 1 aromatic rings. The molecule has 1 aliphatic heterocycles. The minimum atomic E-state index is -0.393. The van der Waals surface area contributed by atoms with E-state index in [1.54, 1.807) is 23.9 Å². The third-order valence-corrected chi connectivity index (χ3v) is 5.36. The third-order valence-electron chi connectivity index (χ3n) is 4.10. The van der Waals surface area contributed by atoms with Crippen LogP contribution in [0.3, 0.4) is 0 Å². The van der Waals surface area contributed by atoms with Gasteiger partial charge in [-0.05, 0) is 31.6 Å². The van der Waals surface area contributed by atoms with Crippen LogP contribution in [0.4, 0.5) is 5.69 Å². The Morgan fingerprint density at radius 1 is 1.39 bits per heavy atom. The Kier molecular flexibility index (Phi) is 6.41. The van der Waals surface area contributed by atoms with Crippen molar-refractivity contribution in [3.8, 4) is 0 Å². The summed E-state index contributed by atoms with van der Waals surface area (Å²) in [5.41, 5.74) is 0.906. The van der Waals surface area contributed by atoms with E-state index in [9.17, 15) is 14.9 Å². The van der Waals surface area contributed by atoms with Crippen molar-refractivity contribution in [2.75, 3.05) is 31.9 Å². The normalized spacial score (nSPS) is 18.0. The van der Waals surface area contributed by atoms with E-state index in [0.717, 1.165) is 31.6 Å². The Morgan fingerprint density at radius 3 is 2.78 bits per heavy atom. The van der Waals surface area contributed by atoms with Crippen molar-refractivity contribution in [2.45, 2.75) is 25.6 Å². The van der Waals surface area contributed by atoms with E-state index in [4.69, 9.17) is 0 Å². The van der Waals surface area contributed by atoms with Crippen LogP contribution in [-0.2, 0) is 4.79 Å². The van der Waals surface area contributed by atoms with E-state index < -0.39 is 4.92 Å². The number of thioether (sulfide) groups is 1. The first-order chi connectivity index (χ1) is 11.1. The van der Waals surface area contributed by atoms with Crippen LogP contribution < -0.4 is 0 Å². The standard InChI is InChI=1S/C16H23N3O3S/c1-3-17(4-2)9-6-10-18-15(20)12-23-16(18)13-7-5-8-14(11-13)19(21)22/h5,7-8,11,16H,3-4,6,9-10,12H2,1-2H3/t16-/m1/s1. The monoisotopic (exact) mass is 337 g/mol. The van der Waals surface area contributed by atoms with Crippen molar-refractivity contribution in [3.05, 3.63) is 39.9 Å². The Morgan fingerprint density at radius 2 is 2.13 bits per heavy atom. The quantitative estimate of drug-likeness (QED) is 0.539. The van der Waals surface area contributed by atoms with Gasteiger partial charge in [0.15, 0.2) is 0 Å². The van der Waals surface area contributed by atoms with Crippen molar-refractivity contribution >= 4 is 23.4 Å². The number of carbonyl (C=O) groups excluding carboxylic acids is 1. The van der Waals surface area contributed by atoms with Gasteiger partial charge in [0.05, 0.1) is 10.7 Å². The van der Waals surface area contributed by atoms with E-state index in [-0.39, 0.29) is 17.0 Å². The van der Waals surface area contributed by atoms with Crippen molar-refractivity contribution in [3.63, 3.8) is 0 Å². The average Bonchev–Trinajstić information content (AvgIpc) is 2.92. The highest BCUT2D eigenvalue weighted by atomic mass is 32.2. The number of nitro groups is 1. The predicted octanol–water partition coefficient (Wildman–Crippen LogP) is 2.90. The number of amides is 1. The average molecular weight is 337 g/mol. The molecule has 0 saturated carbocycles. The molecule has 0 radical (unpaired) electrons. The zero-order chi connectivity index (χ0) is 16.8. The molecular formula is C16H23N3O3S. The molecule has 0 aliphatic carbocycles. The van der Waals surface area contributed by atoms with Crippen LogP contribution in [0.5, 0.6) is 0 Å². The minimum absolute atomic E-state index is 0.0746. The van der Waals surface area contributed by atoms with E-state index in [1.165, 1.54) is 6.07 Å². The van der Waals surface area contributed by atoms with Crippen molar-refractivity contribution < 1.29 is 9.72 Å². The number of nitro benzene ring substituents is 1. The summed E-state index contributed by atoms with van der Waals surface area (Å²) in [7, 11) is 0. The molecule has 6 nitrogen and oxygen atoms in total. The van der Waals surface area contributed by atoms with Crippen molar-refractivity contribution in [2.24, 2.45) is 0 Å². The number of hydrogen-bond acceptors (Lipinski definition) is 5. The molecule has 126 valence electrons. The SMILES string of the molecule is CCN(CC)CCCN1C(=O)CS[C@@H]1c1cccc([N+](=O)[O-])c1. The number of carbonyl (C=O) groups is 1. The molecule has 1 atom stereocenters. The lowest BCUT2D eigenvalue weighted by Crippen LogP contribution is -2.32. The van der Waals surface area contributed by atoms with Crippen LogP contribution in [0.15, 0.2) is 24.3 Å². The van der Waals surface area contributed by atoms with Gasteiger partial charge in [-0.2, -0.15) is 0 Å². The van der Waals surface area contributed by atoms with E-state index in [0.29, 0.717) is 12.3 Å². The number of benzene rings is 1. The zero-order valence-electron chi connectivity index (χ0n) is 13.6. The minimum Gasteiger partial charge on any atom is -0.326 e. The number of non-ortho nitro benzene ring substituents is 1. The summed E-state index contributed by atoms with van der Waals surface area (Å²) in [5, 5.41) is 10.8. The second-order valence-corrected chi connectivity index (χ2v) is 6.55. The summed E-state index contributed by atoms with van der Waals surface area (Å²) < 4.78 is 0. The highest BCUT2D eigenvalue weighted by Gasteiger charge is 2.33. The van der Waals surface area contributed by atoms with Gasteiger partial charge >= 0.3 is 0 Å². The van der Waals surface area contributed by atoms with Crippen LogP contribution in [0.25, 0.3) is 0 Å². The molecule has 0 N–H and O–H groups in total. The summed E-state index contributed by atoms with van der Waals surface area (Å²) in [5.74, 6) is 0.560. The number of rotatable bonds is 8. The molecule has 1 aliphatic rings. The van der Waals surface area contributed by atoms with Gasteiger partial charge in [-0.25, -0.2) is 0 Å². The molecule has 2 rings (SSSR count).